The number of amides is 2. The number of aryl methyl sites for hydroxylation is 2. The quantitative estimate of drug-likeness (QED) is 0.685. The number of carbonyl (C=O) groups excluding carboxylic acids is 2. The number of rotatable bonds is 4. The molecule has 0 saturated heterocycles. The summed E-state index contributed by atoms with van der Waals surface area (Å²) in [5, 5.41) is 0.520. The molecule has 0 bridgehead atoms. The Morgan fingerprint density at radius 1 is 1.00 bits per heavy atom. The summed E-state index contributed by atoms with van der Waals surface area (Å²) < 4.78 is 3.07. The molecule has 26 heavy (non-hydrogen) atoms. The predicted octanol–water partition coefficient (Wildman–Crippen LogP) is 1.84. The number of imidazole rings is 1. The monoisotopic (exact) mass is 372 g/mol. The number of hydrogen-bond donors (Lipinski definition) is 2. The Balaban J connectivity index is 1.60. The second kappa shape index (κ2) is 7.45. The molecule has 7 nitrogen and oxygen atoms in total. The maximum atomic E-state index is 12.3. The number of fused-ring (bicyclic) bond motifs is 1. The molecule has 2 aromatic carbocycles. The zero-order valence-electron chi connectivity index (χ0n) is 14.0. The van der Waals surface area contributed by atoms with Crippen LogP contribution in [0.25, 0.3) is 11.0 Å². The number of benzene rings is 2. The van der Waals surface area contributed by atoms with Crippen molar-refractivity contribution in [3.63, 3.8) is 0 Å². The lowest BCUT2D eigenvalue weighted by Gasteiger charge is -2.08. The van der Waals surface area contributed by atoms with E-state index in [0.717, 1.165) is 11.0 Å². The molecule has 134 valence electrons. The third-order valence-corrected chi connectivity index (χ3v) is 4.29. The van der Waals surface area contributed by atoms with Gasteiger partial charge < -0.3 is 0 Å². The van der Waals surface area contributed by atoms with Crippen molar-refractivity contribution in [2.24, 2.45) is 7.05 Å². The molecule has 3 rings (SSSR count). The van der Waals surface area contributed by atoms with Crippen LogP contribution in [0, 0.1) is 0 Å². The standard InChI is InChI=1S/C18H17ClN4O3/c1-22-14-4-2-3-5-15(14)23(18(22)26)11-10-16(24)20-21-17(25)12-6-8-13(19)9-7-12/h2-9H,10-11H2,1H3,(H,20,24)(H,21,25). The molecule has 3 aromatic rings. The van der Waals surface area contributed by atoms with E-state index in [1.54, 1.807) is 31.3 Å². The van der Waals surface area contributed by atoms with Crippen LogP contribution in [0.1, 0.15) is 16.8 Å². The minimum atomic E-state index is -0.447. The molecule has 0 fully saturated rings. The SMILES string of the molecule is Cn1c(=O)n(CCC(=O)NNC(=O)c2ccc(Cl)cc2)c2ccccc21. The van der Waals surface area contributed by atoms with E-state index in [1.165, 1.54) is 9.13 Å². The summed E-state index contributed by atoms with van der Waals surface area (Å²) in [6, 6.07) is 13.7. The van der Waals surface area contributed by atoms with Gasteiger partial charge >= 0.3 is 5.69 Å². The van der Waals surface area contributed by atoms with E-state index in [2.05, 4.69) is 10.9 Å². The number of para-hydroxylation sites is 2. The Labute approximate surface area is 154 Å². The third kappa shape index (κ3) is 3.62. The number of nitrogens with zero attached hydrogens (tertiary/aromatic N) is 2. The minimum absolute atomic E-state index is 0.0504. The summed E-state index contributed by atoms with van der Waals surface area (Å²) in [4.78, 5) is 36.2. The molecule has 0 aliphatic heterocycles. The zero-order chi connectivity index (χ0) is 18.7. The maximum Gasteiger partial charge on any atom is 0.328 e. The van der Waals surface area contributed by atoms with Gasteiger partial charge in [0.2, 0.25) is 5.91 Å². The van der Waals surface area contributed by atoms with Crippen LogP contribution in [0.15, 0.2) is 53.3 Å². The molecule has 2 N–H and O–H groups in total. The van der Waals surface area contributed by atoms with E-state index in [9.17, 15) is 14.4 Å². The van der Waals surface area contributed by atoms with Gasteiger partial charge in [-0.3, -0.25) is 29.6 Å². The van der Waals surface area contributed by atoms with Crippen molar-refractivity contribution in [1.29, 1.82) is 0 Å². The number of nitrogens with one attached hydrogen (secondary N) is 2. The minimum Gasteiger partial charge on any atom is -0.295 e. The molecule has 1 aromatic heterocycles. The van der Waals surface area contributed by atoms with Crippen molar-refractivity contribution in [2.75, 3.05) is 0 Å². The first-order chi connectivity index (χ1) is 12.5. The lowest BCUT2D eigenvalue weighted by molar-refractivity contribution is -0.122. The molecule has 8 heteroatoms. The molecule has 1 heterocycles. The number of aromatic nitrogens is 2. The van der Waals surface area contributed by atoms with Gasteiger partial charge in [-0.2, -0.15) is 0 Å². The fourth-order valence-corrected chi connectivity index (χ4v) is 2.78. The average Bonchev–Trinajstić information content (AvgIpc) is 2.89. The summed E-state index contributed by atoms with van der Waals surface area (Å²) in [6.07, 6.45) is 0.0504. The average molecular weight is 373 g/mol. The number of hydrazine groups is 1. The van der Waals surface area contributed by atoms with Crippen LogP contribution in [-0.4, -0.2) is 20.9 Å². The Kier molecular flexibility index (Phi) is 5.09. The van der Waals surface area contributed by atoms with E-state index < -0.39 is 11.8 Å². The highest BCUT2D eigenvalue weighted by atomic mass is 35.5. The first-order valence-electron chi connectivity index (χ1n) is 7.96. The van der Waals surface area contributed by atoms with Gasteiger partial charge in [0.25, 0.3) is 5.91 Å². The number of halogens is 1. The lowest BCUT2D eigenvalue weighted by atomic mass is 10.2. The van der Waals surface area contributed by atoms with E-state index in [1.807, 2.05) is 24.3 Å². The zero-order valence-corrected chi connectivity index (χ0v) is 14.8. The summed E-state index contributed by atoms with van der Waals surface area (Å²) in [5.74, 6) is -0.843. The van der Waals surface area contributed by atoms with Gasteiger partial charge in [0.1, 0.15) is 0 Å². The largest absolute Gasteiger partial charge is 0.328 e. The Bertz CT molecular complexity index is 1020. The van der Waals surface area contributed by atoms with E-state index in [-0.39, 0.29) is 18.7 Å². The van der Waals surface area contributed by atoms with Gasteiger partial charge in [0, 0.05) is 30.6 Å². The maximum absolute atomic E-state index is 12.3. The molecule has 0 aliphatic carbocycles. The van der Waals surface area contributed by atoms with Gasteiger partial charge in [0.05, 0.1) is 11.0 Å². The van der Waals surface area contributed by atoms with Crippen molar-refractivity contribution in [1.82, 2.24) is 20.0 Å². The molecule has 2 amide bonds. The molecular formula is C18H17ClN4O3. The fourth-order valence-electron chi connectivity index (χ4n) is 2.66. The lowest BCUT2D eigenvalue weighted by Crippen LogP contribution is -2.42. The van der Waals surface area contributed by atoms with Crippen LogP contribution >= 0.6 is 11.6 Å². The van der Waals surface area contributed by atoms with Gasteiger partial charge in [-0.15, -0.1) is 0 Å². The number of carbonyl (C=O) groups is 2. The van der Waals surface area contributed by atoms with Crippen molar-refractivity contribution in [3.05, 3.63) is 69.6 Å². The summed E-state index contributed by atoms with van der Waals surface area (Å²) >= 11 is 5.77. The van der Waals surface area contributed by atoms with Crippen LogP contribution in [0.3, 0.4) is 0 Å². The van der Waals surface area contributed by atoms with Gasteiger partial charge in [-0.05, 0) is 36.4 Å². The molecule has 0 atom stereocenters. The Hall–Kier alpha value is -3.06. The molecule has 0 spiro atoms. The van der Waals surface area contributed by atoms with Crippen molar-refractivity contribution >= 4 is 34.4 Å². The molecular weight excluding hydrogens is 356 g/mol. The first kappa shape index (κ1) is 17.8. The van der Waals surface area contributed by atoms with Crippen LogP contribution in [0.4, 0.5) is 0 Å². The molecule has 0 saturated carbocycles. The first-order valence-corrected chi connectivity index (χ1v) is 8.34. The third-order valence-electron chi connectivity index (χ3n) is 4.04. The summed E-state index contributed by atoms with van der Waals surface area (Å²) in [6.45, 7) is 0.211. The van der Waals surface area contributed by atoms with Crippen molar-refractivity contribution in [3.8, 4) is 0 Å². The van der Waals surface area contributed by atoms with Crippen LogP contribution in [0.2, 0.25) is 5.02 Å². The van der Waals surface area contributed by atoms with E-state index in [4.69, 9.17) is 11.6 Å². The van der Waals surface area contributed by atoms with Gasteiger partial charge in [-0.25, -0.2) is 4.79 Å². The molecule has 0 aliphatic rings. The number of hydrogen-bond acceptors (Lipinski definition) is 3. The predicted molar refractivity (Wildman–Crippen MR) is 98.9 cm³/mol. The highest BCUT2D eigenvalue weighted by Gasteiger charge is 2.12. The Morgan fingerprint density at radius 2 is 1.65 bits per heavy atom. The normalized spacial score (nSPS) is 10.7. The van der Waals surface area contributed by atoms with Crippen LogP contribution in [-0.2, 0) is 18.4 Å². The Morgan fingerprint density at radius 3 is 2.35 bits per heavy atom. The fraction of sp³-hybridized carbons (Fsp3) is 0.167. The van der Waals surface area contributed by atoms with Crippen LogP contribution in [0.5, 0.6) is 0 Å². The molecule has 0 radical (unpaired) electrons. The highest BCUT2D eigenvalue weighted by Crippen LogP contribution is 2.12. The topological polar surface area (TPSA) is 85.1 Å². The highest BCUT2D eigenvalue weighted by molar-refractivity contribution is 6.30. The van der Waals surface area contributed by atoms with Gasteiger partial charge in [-0.1, -0.05) is 23.7 Å². The van der Waals surface area contributed by atoms with Gasteiger partial charge in [0.15, 0.2) is 0 Å². The summed E-state index contributed by atoms with van der Waals surface area (Å²) in [7, 11) is 1.69. The smallest absolute Gasteiger partial charge is 0.295 e. The van der Waals surface area contributed by atoms with Crippen LogP contribution < -0.4 is 16.5 Å². The van der Waals surface area contributed by atoms with Crippen molar-refractivity contribution < 1.29 is 9.59 Å². The van der Waals surface area contributed by atoms with E-state index in [0.29, 0.717) is 10.6 Å². The molecule has 0 unspecified atom stereocenters. The van der Waals surface area contributed by atoms with Crippen molar-refractivity contribution in [2.45, 2.75) is 13.0 Å². The second-order valence-electron chi connectivity index (χ2n) is 5.74. The second-order valence-corrected chi connectivity index (χ2v) is 6.18. The van der Waals surface area contributed by atoms with E-state index >= 15 is 0 Å². The summed E-state index contributed by atoms with van der Waals surface area (Å²) in [5.41, 5.74) is 6.43.